The largest absolute Gasteiger partial charge is 0.372 e. The number of hydrogen-bond acceptors (Lipinski definition) is 7. The molecule has 4 heterocycles. The van der Waals surface area contributed by atoms with Gasteiger partial charge in [-0.05, 0) is 42.0 Å². The number of carbonyl (C=O) groups excluding carboxylic acids is 1. The second-order valence-electron chi connectivity index (χ2n) is 8.44. The average molecular weight is 479 g/mol. The van der Waals surface area contributed by atoms with Crippen LogP contribution in [-0.4, -0.2) is 78.5 Å². The smallest absolute Gasteiger partial charge is 0.244 e. The van der Waals surface area contributed by atoms with Crippen LogP contribution in [0.4, 0.5) is 16.2 Å². The fourth-order valence-corrected chi connectivity index (χ4v) is 4.83. The first-order valence-electron chi connectivity index (χ1n) is 10.1. The number of fused-ring (bicyclic) bond motifs is 3. The second kappa shape index (κ2) is 7.28. The molecule has 0 unspecified atom stereocenters. The molecule has 3 aliphatic rings. The van der Waals surface area contributed by atoms with Crippen molar-refractivity contribution in [1.82, 2.24) is 19.8 Å². The van der Waals surface area contributed by atoms with Gasteiger partial charge in [0.1, 0.15) is 17.4 Å². The Labute approximate surface area is 182 Å². The van der Waals surface area contributed by atoms with Crippen molar-refractivity contribution in [1.29, 1.82) is 0 Å². The SMILES string of the molecule is CN1CC[C@@H](Nc2nc(N3CC(N(C)C)C3)nc3c(F)c(Br)c4c(c23)COC4)C1=O. The Balaban J connectivity index is 1.63. The highest BCUT2D eigenvalue weighted by Gasteiger charge is 2.35. The highest BCUT2D eigenvalue weighted by Crippen LogP contribution is 2.40. The van der Waals surface area contributed by atoms with Crippen molar-refractivity contribution in [3.05, 3.63) is 21.4 Å². The zero-order chi connectivity index (χ0) is 21.2. The van der Waals surface area contributed by atoms with Gasteiger partial charge in [0.15, 0.2) is 5.82 Å². The van der Waals surface area contributed by atoms with Crippen LogP contribution in [0.2, 0.25) is 0 Å². The van der Waals surface area contributed by atoms with Crippen LogP contribution in [0.15, 0.2) is 4.47 Å². The van der Waals surface area contributed by atoms with Gasteiger partial charge in [0.05, 0.1) is 23.1 Å². The van der Waals surface area contributed by atoms with Crippen molar-refractivity contribution in [3.63, 3.8) is 0 Å². The first-order chi connectivity index (χ1) is 14.3. The molecule has 3 aliphatic heterocycles. The molecule has 5 rings (SSSR count). The predicted octanol–water partition coefficient (Wildman–Crippen LogP) is 1.95. The molecule has 30 heavy (non-hydrogen) atoms. The number of likely N-dealkylation sites (tertiary alicyclic amines) is 1. The van der Waals surface area contributed by atoms with Gasteiger partial charge in [0, 0.05) is 38.3 Å². The molecular weight excluding hydrogens is 455 g/mol. The Hall–Kier alpha value is -2.04. The normalized spacial score (nSPS) is 21.7. The zero-order valence-corrected chi connectivity index (χ0v) is 18.8. The number of halogens is 2. The Morgan fingerprint density at radius 2 is 1.97 bits per heavy atom. The van der Waals surface area contributed by atoms with Crippen molar-refractivity contribution in [3.8, 4) is 0 Å². The fraction of sp³-hybridized carbons (Fsp3) is 0.550. The van der Waals surface area contributed by atoms with E-state index in [0.29, 0.717) is 53.8 Å². The van der Waals surface area contributed by atoms with Crippen LogP contribution >= 0.6 is 15.9 Å². The lowest BCUT2D eigenvalue weighted by Gasteiger charge is -2.42. The molecule has 2 fully saturated rings. The summed E-state index contributed by atoms with van der Waals surface area (Å²) in [6.07, 6.45) is 0.681. The predicted molar refractivity (Wildman–Crippen MR) is 115 cm³/mol. The van der Waals surface area contributed by atoms with Gasteiger partial charge in [0.2, 0.25) is 11.9 Å². The Kier molecular flexibility index (Phi) is 4.83. The maximum absolute atomic E-state index is 15.3. The Morgan fingerprint density at radius 1 is 1.23 bits per heavy atom. The van der Waals surface area contributed by atoms with Crippen LogP contribution in [0, 0.1) is 5.82 Å². The molecule has 1 aromatic heterocycles. The molecule has 160 valence electrons. The van der Waals surface area contributed by atoms with Crippen LogP contribution in [0.5, 0.6) is 0 Å². The maximum Gasteiger partial charge on any atom is 0.244 e. The fourth-order valence-electron chi connectivity index (χ4n) is 4.29. The third-order valence-electron chi connectivity index (χ3n) is 6.34. The number of anilines is 2. The summed E-state index contributed by atoms with van der Waals surface area (Å²) in [5, 5.41) is 3.91. The molecule has 0 saturated carbocycles. The maximum atomic E-state index is 15.3. The van der Waals surface area contributed by atoms with Gasteiger partial charge in [0.25, 0.3) is 0 Å². The third-order valence-corrected chi connectivity index (χ3v) is 7.16. The van der Waals surface area contributed by atoms with E-state index in [4.69, 9.17) is 9.72 Å². The minimum absolute atomic E-state index is 0.0189. The van der Waals surface area contributed by atoms with Crippen molar-refractivity contribution in [2.75, 3.05) is 51.0 Å². The number of nitrogens with zero attached hydrogens (tertiary/aromatic N) is 5. The standard InChI is InChI=1S/C20H24BrFN6O2/c1-26(2)10-6-28(7-10)20-24-17-14(11-8-30-9-12(11)15(21)16(17)22)18(25-20)23-13-4-5-27(3)19(13)29/h10,13H,4-9H2,1-3H3,(H,23,24,25)/t13-/m1/s1. The summed E-state index contributed by atoms with van der Waals surface area (Å²) >= 11 is 3.39. The van der Waals surface area contributed by atoms with Crippen LogP contribution in [0.3, 0.4) is 0 Å². The van der Waals surface area contributed by atoms with Crippen molar-refractivity contribution < 1.29 is 13.9 Å². The number of nitrogens with one attached hydrogen (secondary N) is 1. The Morgan fingerprint density at radius 3 is 2.63 bits per heavy atom. The van der Waals surface area contributed by atoms with E-state index in [2.05, 4.69) is 31.1 Å². The molecule has 0 aliphatic carbocycles. The third kappa shape index (κ3) is 3.04. The van der Waals surface area contributed by atoms with E-state index in [1.165, 1.54) is 0 Å². The summed E-state index contributed by atoms with van der Waals surface area (Å²) in [6, 6.07) is 0.0345. The van der Waals surface area contributed by atoms with E-state index >= 15 is 4.39 Å². The summed E-state index contributed by atoms with van der Waals surface area (Å²) in [5.74, 6) is 0.586. The first kappa shape index (κ1) is 19.9. The van der Waals surface area contributed by atoms with Crippen molar-refractivity contribution in [2.24, 2.45) is 0 Å². The molecule has 0 spiro atoms. The number of likely N-dealkylation sites (N-methyl/N-ethyl adjacent to an activating group) is 2. The topological polar surface area (TPSA) is 73.8 Å². The number of amides is 1. The van der Waals surface area contributed by atoms with E-state index in [1.807, 2.05) is 19.0 Å². The lowest BCUT2D eigenvalue weighted by atomic mass is 10.0. The van der Waals surface area contributed by atoms with E-state index in [-0.39, 0.29) is 17.5 Å². The average Bonchev–Trinajstić information content (AvgIpc) is 3.27. The van der Waals surface area contributed by atoms with Crippen molar-refractivity contribution in [2.45, 2.75) is 31.7 Å². The molecular formula is C20H24BrFN6O2. The lowest BCUT2D eigenvalue weighted by Crippen LogP contribution is -2.58. The van der Waals surface area contributed by atoms with E-state index < -0.39 is 5.82 Å². The molecule has 1 atom stereocenters. The minimum atomic E-state index is -0.416. The van der Waals surface area contributed by atoms with Crippen molar-refractivity contribution >= 4 is 44.5 Å². The minimum Gasteiger partial charge on any atom is -0.372 e. The first-order valence-corrected chi connectivity index (χ1v) is 10.9. The number of carbonyl (C=O) groups is 1. The van der Waals surface area contributed by atoms with E-state index in [9.17, 15) is 4.79 Å². The number of rotatable bonds is 4. The quantitative estimate of drug-likeness (QED) is 0.719. The number of benzene rings is 1. The summed E-state index contributed by atoms with van der Waals surface area (Å²) in [6.45, 7) is 2.95. The van der Waals surface area contributed by atoms with Gasteiger partial charge >= 0.3 is 0 Å². The molecule has 0 radical (unpaired) electrons. The van der Waals surface area contributed by atoms with Gasteiger partial charge in [-0.3, -0.25) is 4.79 Å². The molecule has 2 saturated heterocycles. The summed E-state index contributed by atoms with van der Waals surface area (Å²) in [7, 11) is 5.87. The van der Waals surface area contributed by atoms with Gasteiger partial charge < -0.3 is 24.8 Å². The number of hydrogen-bond donors (Lipinski definition) is 1. The molecule has 8 nitrogen and oxygen atoms in total. The molecule has 0 bridgehead atoms. The van der Waals surface area contributed by atoms with Gasteiger partial charge in [-0.2, -0.15) is 4.98 Å². The molecule has 1 aromatic carbocycles. The molecule has 10 heteroatoms. The van der Waals surface area contributed by atoms with Crippen LogP contribution in [-0.2, 0) is 22.7 Å². The number of ether oxygens (including phenoxy) is 1. The Bertz CT molecular complexity index is 1040. The molecule has 2 aromatic rings. The highest BCUT2D eigenvalue weighted by atomic mass is 79.9. The monoisotopic (exact) mass is 478 g/mol. The highest BCUT2D eigenvalue weighted by molar-refractivity contribution is 9.10. The van der Waals surface area contributed by atoms with Gasteiger partial charge in [-0.1, -0.05) is 0 Å². The van der Waals surface area contributed by atoms with Gasteiger partial charge in [-0.15, -0.1) is 0 Å². The summed E-state index contributed by atoms with van der Waals surface area (Å²) in [4.78, 5) is 27.8. The zero-order valence-electron chi connectivity index (χ0n) is 17.2. The summed E-state index contributed by atoms with van der Waals surface area (Å²) < 4.78 is 21.3. The van der Waals surface area contributed by atoms with Crippen LogP contribution in [0.1, 0.15) is 17.5 Å². The summed E-state index contributed by atoms with van der Waals surface area (Å²) in [5.41, 5.74) is 1.91. The second-order valence-corrected chi connectivity index (χ2v) is 9.23. The number of aromatic nitrogens is 2. The van der Waals surface area contributed by atoms with E-state index in [1.54, 1.807) is 11.9 Å². The molecule has 1 amide bonds. The van der Waals surface area contributed by atoms with Crippen LogP contribution < -0.4 is 10.2 Å². The van der Waals surface area contributed by atoms with E-state index in [0.717, 1.165) is 24.2 Å². The van der Waals surface area contributed by atoms with Gasteiger partial charge in [-0.25, -0.2) is 9.37 Å². The van der Waals surface area contributed by atoms with Crippen LogP contribution in [0.25, 0.3) is 10.9 Å². The lowest BCUT2D eigenvalue weighted by molar-refractivity contribution is -0.127. The molecule has 1 N–H and O–H groups in total.